The molecular weight excluding hydrogens is 430 g/mol. The maximum absolute atomic E-state index is 13.1. The summed E-state index contributed by atoms with van der Waals surface area (Å²) in [5.74, 6) is -0.347. The molecule has 2 aliphatic rings. The molecule has 1 N–H and O–H groups in total. The number of piperidine rings is 1. The van der Waals surface area contributed by atoms with Crippen molar-refractivity contribution in [2.45, 2.75) is 37.6 Å². The number of rotatable bonds is 6. The van der Waals surface area contributed by atoms with Crippen LogP contribution >= 0.6 is 0 Å². The standard InChI is InChI=1S/C23H27N3O5S/c1-17-5-7-18(8-6-17)14-24-22(27)15-26-20-13-19(9-10-21(20)31-16-23(26)28)32(29,30)25-11-3-2-4-12-25/h5-10,13H,2-4,11-12,14-16H2,1H3,(H,24,27). The average molecular weight is 458 g/mol. The van der Waals surface area contributed by atoms with Crippen LogP contribution in [0.4, 0.5) is 5.69 Å². The van der Waals surface area contributed by atoms with Gasteiger partial charge in [0.25, 0.3) is 5.91 Å². The van der Waals surface area contributed by atoms with Crippen LogP contribution in [0.5, 0.6) is 5.75 Å². The monoisotopic (exact) mass is 457 g/mol. The van der Waals surface area contributed by atoms with Crippen LogP contribution in [0.3, 0.4) is 0 Å². The van der Waals surface area contributed by atoms with Crippen molar-refractivity contribution in [2.75, 3.05) is 31.1 Å². The van der Waals surface area contributed by atoms with Crippen molar-refractivity contribution in [3.8, 4) is 5.75 Å². The van der Waals surface area contributed by atoms with E-state index in [4.69, 9.17) is 4.74 Å². The molecule has 2 heterocycles. The van der Waals surface area contributed by atoms with Gasteiger partial charge < -0.3 is 10.1 Å². The molecule has 1 fully saturated rings. The number of fused-ring (bicyclic) bond motifs is 1. The Bertz CT molecular complexity index is 1110. The molecule has 0 atom stereocenters. The minimum absolute atomic E-state index is 0.0986. The minimum atomic E-state index is -3.68. The quantitative estimate of drug-likeness (QED) is 0.718. The van der Waals surface area contributed by atoms with Gasteiger partial charge in [-0.25, -0.2) is 8.42 Å². The first-order valence-corrected chi connectivity index (χ1v) is 12.2. The van der Waals surface area contributed by atoms with Crippen molar-refractivity contribution in [2.24, 2.45) is 0 Å². The summed E-state index contributed by atoms with van der Waals surface area (Å²) in [6, 6.07) is 12.3. The number of carbonyl (C=O) groups is 2. The lowest BCUT2D eigenvalue weighted by atomic mass is 10.1. The van der Waals surface area contributed by atoms with Gasteiger partial charge in [0.05, 0.1) is 10.6 Å². The Labute approximate surface area is 188 Å². The Kier molecular flexibility index (Phi) is 6.48. The number of nitrogens with zero attached hydrogens (tertiary/aromatic N) is 2. The first-order chi connectivity index (χ1) is 15.3. The second kappa shape index (κ2) is 9.30. The van der Waals surface area contributed by atoms with Gasteiger partial charge >= 0.3 is 0 Å². The largest absolute Gasteiger partial charge is 0.482 e. The lowest BCUT2D eigenvalue weighted by Gasteiger charge is -2.30. The zero-order valence-corrected chi connectivity index (χ0v) is 18.9. The van der Waals surface area contributed by atoms with E-state index in [2.05, 4.69) is 5.32 Å². The van der Waals surface area contributed by atoms with E-state index in [0.717, 1.165) is 30.4 Å². The molecular formula is C23H27N3O5S. The van der Waals surface area contributed by atoms with E-state index in [1.54, 1.807) is 6.07 Å². The maximum Gasteiger partial charge on any atom is 0.265 e. The predicted octanol–water partition coefficient (Wildman–Crippen LogP) is 2.21. The van der Waals surface area contributed by atoms with Crippen LogP contribution in [0.15, 0.2) is 47.4 Å². The summed E-state index contributed by atoms with van der Waals surface area (Å²) >= 11 is 0. The van der Waals surface area contributed by atoms with Crippen molar-refractivity contribution in [1.29, 1.82) is 0 Å². The van der Waals surface area contributed by atoms with Gasteiger partial charge in [-0.1, -0.05) is 36.2 Å². The molecule has 9 heteroatoms. The molecule has 2 aromatic carbocycles. The Balaban J connectivity index is 1.51. The number of aryl methyl sites for hydroxylation is 1. The van der Waals surface area contributed by atoms with Crippen LogP contribution in [-0.2, 0) is 26.2 Å². The topological polar surface area (TPSA) is 96.0 Å². The van der Waals surface area contributed by atoms with Crippen LogP contribution in [0.25, 0.3) is 0 Å². The number of hydrogen-bond acceptors (Lipinski definition) is 5. The Morgan fingerprint density at radius 2 is 1.78 bits per heavy atom. The van der Waals surface area contributed by atoms with E-state index in [-0.39, 0.29) is 24.0 Å². The van der Waals surface area contributed by atoms with Gasteiger partial charge in [0.15, 0.2) is 6.61 Å². The molecule has 32 heavy (non-hydrogen) atoms. The van der Waals surface area contributed by atoms with Crippen LogP contribution in [0.1, 0.15) is 30.4 Å². The third-order valence-corrected chi connectivity index (χ3v) is 7.63. The average Bonchev–Trinajstić information content (AvgIpc) is 2.81. The Hall–Kier alpha value is -2.91. The number of amides is 2. The summed E-state index contributed by atoms with van der Waals surface area (Å²) in [6.45, 7) is 2.89. The normalized spacial score (nSPS) is 16.9. The predicted molar refractivity (Wildman–Crippen MR) is 120 cm³/mol. The number of carbonyl (C=O) groups excluding carboxylic acids is 2. The lowest BCUT2D eigenvalue weighted by Crippen LogP contribution is -2.45. The highest BCUT2D eigenvalue weighted by Crippen LogP contribution is 2.35. The van der Waals surface area contributed by atoms with Crippen LogP contribution in [-0.4, -0.2) is 50.8 Å². The molecule has 2 amide bonds. The summed E-state index contributed by atoms with van der Waals surface area (Å²) in [7, 11) is -3.68. The van der Waals surface area contributed by atoms with Gasteiger partial charge in [-0.15, -0.1) is 0 Å². The van der Waals surface area contributed by atoms with Gasteiger partial charge in [-0.05, 0) is 43.5 Å². The lowest BCUT2D eigenvalue weighted by molar-refractivity contribution is -0.125. The van der Waals surface area contributed by atoms with Crippen LogP contribution in [0.2, 0.25) is 0 Å². The molecule has 0 bridgehead atoms. The number of hydrogen-bond donors (Lipinski definition) is 1. The number of sulfonamides is 1. The van der Waals surface area contributed by atoms with Crippen molar-refractivity contribution in [3.63, 3.8) is 0 Å². The van der Waals surface area contributed by atoms with E-state index in [1.165, 1.54) is 21.3 Å². The highest BCUT2D eigenvalue weighted by atomic mass is 32.2. The molecule has 2 aliphatic heterocycles. The smallest absolute Gasteiger partial charge is 0.265 e. The molecule has 2 aromatic rings. The minimum Gasteiger partial charge on any atom is -0.482 e. The molecule has 0 unspecified atom stereocenters. The zero-order valence-electron chi connectivity index (χ0n) is 18.0. The fourth-order valence-electron chi connectivity index (χ4n) is 3.88. The summed E-state index contributed by atoms with van der Waals surface area (Å²) < 4.78 is 33.1. The third kappa shape index (κ3) is 4.78. The molecule has 0 aliphatic carbocycles. The molecule has 0 saturated carbocycles. The fraction of sp³-hybridized carbons (Fsp3) is 0.391. The summed E-state index contributed by atoms with van der Waals surface area (Å²) in [5, 5.41) is 2.81. The van der Waals surface area contributed by atoms with E-state index in [0.29, 0.717) is 31.1 Å². The van der Waals surface area contributed by atoms with E-state index < -0.39 is 15.9 Å². The van der Waals surface area contributed by atoms with Gasteiger partial charge in [0, 0.05) is 19.6 Å². The molecule has 8 nitrogen and oxygen atoms in total. The highest BCUT2D eigenvalue weighted by molar-refractivity contribution is 7.89. The number of benzene rings is 2. The Morgan fingerprint density at radius 1 is 1.06 bits per heavy atom. The number of ether oxygens (including phenoxy) is 1. The summed E-state index contributed by atoms with van der Waals surface area (Å²) in [4.78, 5) is 26.5. The van der Waals surface area contributed by atoms with Crippen molar-refractivity contribution in [3.05, 3.63) is 53.6 Å². The Morgan fingerprint density at radius 3 is 2.50 bits per heavy atom. The summed E-state index contributed by atoms with van der Waals surface area (Å²) in [6.07, 6.45) is 2.68. The van der Waals surface area contributed by atoms with Crippen molar-refractivity contribution < 1.29 is 22.7 Å². The van der Waals surface area contributed by atoms with Gasteiger partial charge in [-0.2, -0.15) is 4.31 Å². The first-order valence-electron chi connectivity index (χ1n) is 10.7. The number of anilines is 1. The molecule has 1 saturated heterocycles. The SMILES string of the molecule is Cc1ccc(CNC(=O)CN2C(=O)COc3ccc(S(=O)(=O)N4CCCCC4)cc32)cc1. The van der Waals surface area contributed by atoms with E-state index >= 15 is 0 Å². The van der Waals surface area contributed by atoms with Gasteiger partial charge in [0.1, 0.15) is 12.3 Å². The van der Waals surface area contributed by atoms with E-state index in [9.17, 15) is 18.0 Å². The fourth-order valence-corrected chi connectivity index (χ4v) is 5.41. The van der Waals surface area contributed by atoms with Gasteiger partial charge in [-0.3, -0.25) is 14.5 Å². The van der Waals surface area contributed by atoms with Crippen LogP contribution in [0, 0.1) is 6.92 Å². The third-order valence-electron chi connectivity index (χ3n) is 5.74. The van der Waals surface area contributed by atoms with Crippen LogP contribution < -0.4 is 15.0 Å². The molecule has 170 valence electrons. The zero-order chi connectivity index (χ0) is 22.7. The molecule has 0 aromatic heterocycles. The molecule has 0 spiro atoms. The second-order valence-corrected chi connectivity index (χ2v) is 10.1. The van der Waals surface area contributed by atoms with Gasteiger partial charge in [0.2, 0.25) is 15.9 Å². The van der Waals surface area contributed by atoms with Crippen molar-refractivity contribution in [1.82, 2.24) is 9.62 Å². The highest BCUT2D eigenvalue weighted by Gasteiger charge is 2.31. The van der Waals surface area contributed by atoms with Crippen molar-refractivity contribution >= 4 is 27.5 Å². The second-order valence-electron chi connectivity index (χ2n) is 8.13. The van der Waals surface area contributed by atoms with E-state index in [1.807, 2.05) is 31.2 Å². The summed E-state index contributed by atoms with van der Waals surface area (Å²) in [5.41, 5.74) is 2.38. The maximum atomic E-state index is 13.1. The number of nitrogens with one attached hydrogen (secondary N) is 1. The molecule has 0 radical (unpaired) electrons. The first kappa shape index (κ1) is 22.3. The molecule has 4 rings (SSSR count).